The van der Waals surface area contributed by atoms with E-state index in [2.05, 4.69) is 12.1 Å². The smallest absolute Gasteiger partial charge is 0.226 e. The number of amides is 1. The second-order valence-corrected chi connectivity index (χ2v) is 9.21. The molecular formula is C23H24ClN3OS. The lowest BCUT2D eigenvalue weighted by molar-refractivity contribution is -0.134. The Hall–Kier alpha value is -2.24. The van der Waals surface area contributed by atoms with Gasteiger partial charge in [-0.05, 0) is 24.3 Å². The predicted octanol–water partition coefficient (Wildman–Crippen LogP) is 5.29. The number of halogens is 1. The molecule has 1 aromatic heterocycles. The van der Waals surface area contributed by atoms with Gasteiger partial charge in [-0.25, -0.2) is 4.68 Å². The SMILES string of the molecule is CC(C)C(=O)N1CCSC1Cc1cnn(-c2ccccc2)c1-c1ccc(Cl)cc1. The van der Waals surface area contributed by atoms with Crippen molar-refractivity contribution < 1.29 is 4.79 Å². The zero-order chi connectivity index (χ0) is 20.4. The first-order valence-corrected chi connectivity index (χ1v) is 11.3. The van der Waals surface area contributed by atoms with Crippen LogP contribution in [0.3, 0.4) is 0 Å². The molecule has 1 amide bonds. The standard InChI is InChI=1S/C23H24ClN3OS/c1-16(2)23(28)26-12-13-29-21(26)14-18-15-25-27(20-6-4-3-5-7-20)22(18)17-8-10-19(24)11-9-17/h3-11,15-16,21H,12-14H2,1-2H3. The molecule has 0 radical (unpaired) electrons. The minimum absolute atomic E-state index is 0.0129. The fourth-order valence-electron chi connectivity index (χ4n) is 3.67. The quantitative estimate of drug-likeness (QED) is 0.557. The van der Waals surface area contributed by atoms with Gasteiger partial charge >= 0.3 is 0 Å². The molecule has 29 heavy (non-hydrogen) atoms. The van der Waals surface area contributed by atoms with Gasteiger partial charge < -0.3 is 4.90 Å². The summed E-state index contributed by atoms with van der Waals surface area (Å²) in [6, 6.07) is 18.0. The molecule has 2 aromatic carbocycles. The number of para-hydroxylation sites is 1. The normalized spacial score (nSPS) is 16.6. The summed E-state index contributed by atoms with van der Waals surface area (Å²) < 4.78 is 1.98. The molecule has 0 bridgehead atoms. The number of aromatic nitrogens is 2. The van der Waals surface area contributed by atoms with E-state index >= 15 is 0 Å². The topological polar surface area (TPSA) is 38.1 Å². The summed E-state index contributed by atoms with van der Waals surface area (Å²) in [6.45, 7) is 4.75. The molecule has 0 saturated carbocycles. The number of hydrogen-bond donors (Lipinski definition) is 0. The molecule has 4 nitrogen and oxygen atoms in total. The van der Waals surface area contributed by atoms with Gasteiger partial charge in [-0.15, -0.1) is 11.8 Å². The minimum atomic E-state index is 0.0129. The molecule has 1 saturated heterocycles. The van der Waals surface area contributed by atoms with Crippen molar-refractivity contribution in [3.63, 3.8) is 0 Å². The number of hydrogen-bond acceptors (Lipinski definition) is 3. The van der Waals surface area contributed by atoms with Crippen LogP contribution in [0.15, 0.2) is 60.8 Å². The van der Waals surface area contributed by atoms with E-state index in [-0.39, 0.29) is 17.2 Å². The van der Waals surface area contributed by atoms with Crippen LogP contribution in [0.5, 0.6) is 0 Å². The summed E-state index contributed by atoms with van der Waals surface area (Å²) in [5, 5.41) is 5.56. The maximum atomic E-state index is 12.6. The largest absolute Gasteiger partial charge is 0.329 e. The van der Waals surface area contributed by atoms with E-state index in [9.17, 15) is 4.79 Å². The van der Waals surface area contributed by atoms with Gasteiger partial charge in [0.1, 0.15) is 0 Å². The fraction of sp³-hybridized carbons (Fsp3) is 0.304. The van der Waals surface area contributed by atoms with Gasteiger partial charge in [0.2, 0.25) is 5.91 Å². The number of carbonyl (C=O) groups is 1. The molecule has 0 spiro atoms. The maximum Gasteiger partial charge on any atom is 0.226 e. The zero-order valence-corrected chi connectivity index (χ0v) is 18.2. The molecular weight excluding hydrogens is 402 g/mol. The Morgan fingerprint density at radius 1 is 1.17 bits per heavy atom. The van der Waals surface area contributed by atoms with Crippen molar-refractivity contribution in [2.45, 2.75) is 25.6 Å². The lowest BCUT2D eigenvalue weighted by Crippen LogP contribution is -2.38. The Bertz CT molecular complexity index is 985. The van der Waals surface area contributed by atoms with Crippen molar-refractivity contribution in [1.82, 2.24) is 14.7 Å². The Kier molecular flexibility index (Phi) is 5.97. The molecule has 0 aliphatic carbocycles. The lowest BCUT2D eigenvalue weighted by Gasteiger charge is -2.25. The van der Waals surface area contributed by atoms with E-state index in [1.54, 1.807) is 0 Å². The van der Waals surface area contributed by atoms with Crippen molar-refractivity contribution in [3.05, 3.63) is 71.4 Å². The predicted molar refractivity (Wildman–Crippen MR) is 121 cm³/mol. The molecule has 1 atom stereocenters. The van der Waals surface area contributed by atoms with Gasteiger partial charge in [-0.2, -0.15) is 5.10 Å². The van der Waals surface area contributed by atoms with Crippen LogP contribution < -0.4 is 0 Å². The Morgan fingerprint density at radius 2 is 1.90 bits per heavy atom. The van der Waals surface area contributed by atoms with Gasteiger partial charge in [-0.3, -0.25) is 4.79 Å². The first-order chi connectivity index (χ1) is 14.0. The average molecular weight is 426 g/mol. The molecule has 6 heteroatoms. The van der Waals surface area contributed by atoms with Crippen LogP contribution in [-0.4, -0.2) is 38.3 Å². The molecule has 1 aliphatic rings. The van der Waals surface area contributed by atoms with Crippen LogP contribution in [0.4, 0.5) is 0 Å². The molecule has 150 valence electrons. The van der Waals surface area contributed by atoms with E-state index < -0.39 is 0 Å². The van der Waals surface area contributed by atoms with Crippen molar-refractivity contribution >= 4 is 29.3 Å². The highest BCUT2D eigenvalue weighted by Crippen LogP contribution is 2.33. The summed E-state index contributed by atoms with van der Waals surface area (Å²) in [6.07, 6.45) is 2.71. The molecule has 0 N–H and O–H groups in total. The van der Waals surface area contributed by atoms with E-state index in [0.29, 0.717) is 5.02 Å². The van der Waals surface area contributed by atoms with Crippen molar-refractivity contribution in [3.8, 4) is 16.9 Å². The van der Waals surface area contributed by atoms with Gasteiger partial charge in [0.15, 0.2) is 0 Å². The summed E-state index contributed by atoms with van der Waals surface area (Å²) in [5.74, 6) is 1.22. The Balaban J connectivity index is 1.73. The fourth-order valence-corrected chi connectivity index (χ4v) is 5.06. The minimum Gasteiger partial charge on any atom is -0.329 e. The molecule has 3 aromatic rings. The van der Waals surface area contributed by atoms with E-state index in [0.717, 1.165) is 41.2 Å². The highest BCUT2D eigenvalue weighted by molar-refractivity contribution is 8.00. The van der Waals surface area contributed by atoms with Gasteiger partial charge in [0.25, 0.3) is 0 Å². The molecule has 4 rings (SSSR count). The second-order valence-electron chi connectivity index (χ2n) is 7.49. The van der Waals surface area contributed by atoms with Gasteiger partial charge in [-0.1, -0.05) is 55.8 Å². The number of benzene rings is 2. The summed E-state index contributed by atoms with van der Waals surface area (Å²) in [4.78, 5) is 14.7. The van der Waals surface area contributed by atoms with E-state index in [1.807, 2.05) is 83.9 Å². The number of thioether (sulfide) groups is 1. The zero-order valence-electron chi connectivity index (χ0n) is 16.6. The van der Waals surface area contributed by atoms with Crippen LogP contribution in [0, 0.1) is 5.92 Å². The van der Waals surface area contributed by atoms with Crippen molar-refractivity contribution in [2.75, 3.05) is 12.3 Å². The van der Waals surface area contributed by atoms with Crippen LogP contribution in [0.1, 0.15) is 19.4 Å². The maximum absolute atomic E-state index is 12.6. The summed E-state index contributed by atoms with van der Waals surface area (Å²) >= 11 is 7.97. The van der Waals surface area contributed by atoms with E-state index in [1.165, 1.54) is 0 Å². The molecule has 1 unspecified atom stereocenters. The monoisotopic (exact) mass is 425 g/mol. The van der Waals surface area contributed by atoms with Crippen LogP contribution in [0.25, 0.3) is 16.9 Å². The van der Waals surface area contributed by atoms with Crippen molar-refractivity contribution in [2.24, 2.45) is 5.92 Å². The highest BCUT2D eigenvalue weighted by atomic mass is 35.5. The highest BCUT2D eigenvalue weighted by Gasteiger charge is 2.32. The average Bonchev–Trinajstić information content (AvgIpc) is 3.36. The van der Waals surface area contributed by atoms with Crippen LogP contribution in [0.2, 0.25) is 5.02 Å². The first-order valence-electron chi connectivity index (χ1n) is 9.85. The number of rotatable bonds is 5. The molecule has 1 aliphatic heterocycles. The Labute approximate surface area is 180 Å². The summed E-state index contributed by atoms with van der Waals surface area (Å²) in [5.41, 5.74) is 4.27. The summed E-state index contributed by atoms with van der Waals surface area (Å²) in [7, 11) is 0. The third kappa shape index (κ3) is 4.21. The Morgan fingerprint density at radius 3 is 2.59 bits per heavy atom. The molecule has 1 fully saturated rings. The number of nitrogens with zero attached hydrogens (tertiary/aromatic N) is 3. The van der Waals surface area contributed by atoms with Crippen molar-refractivity contribution in [1.29, 1.82) is 0 Å². The van der Waals surface area contributed by atoms with Gasteiger partial charge in [0.05, 0.1) is 23.0 Å². The third-order valence-corrected chi connectivity index (χ3v) is 6.60. The lowest BCUT2D eigenvalue weighted by atomic mass is 10.0. The van der Waals surface area contributed by atoms with Gasteiger partial charge in [0, 0.05) is 40.8 Å². The van der Waals surface area contributed by atoms with Crippen LogP contribution >= 0.6 is 23.4 Å². The van der Waals surface area contributed by atoms with Crippen LogP contribution in [-0.2, 0) is 11.2 Å². The third-order valence-electron chi connectivity index (χ3n) is 5.12. The van der Waals surface area contributed by atoms with E-state index in [4.69, 9.17) is 16.7 Å². The molecule has 2 heterocycles. The number of carbonyl (C=O) groups excluding carboxylic acids is 1. The first kappa shape index (κ1) is 20.0. The second kappa shape index (κ2) is 8.64.